The average Bonchev–Trinajstić information content (AvgIpc) is 2.88. The van der Waals surface area contributed by atoms with Crippen molar-refractivity contribution in [3.63, 3.8) is 0 Å². The van der Waals surface area contributed by atoms with Gasteiger partial charge in [0.25, 0.3) is 11.8 Å². The molecule has 1 heterocycles. The number of nitrogens with zero attached hydrogens (tertiary/aromatic N) is 1. The van der Waals surface area contributed by atoms with Crippen LogP contribution in [-0.4, -0.2) is 40.2 Å². The van der Waals surface area contributed by atoms with Crippen molar-refractivity contribution >= 4 is 35.2 Å². The Morgan fingerprint density at radius 1 is 1.08 bits per heavy atom. The van der Waals surface area contributed by atoms with Crippen molar-refractivity contribution in [1.82, 2.24) is 4.90 Å². The first-order valence-corrected chi connectivity index (χ1v) is 9.16. The van der Waals surface area contributed by atoms with Gasteiger partial charge >= 0.3 is 0 Å². The van der Waals surface area contributed by atoms with E-state index in [-0.39, 0.29) is 30.0 Å². The van der Waals surface area contributed by atoms with E-state index in [2.05, 4.69) is 5.32 Å². The maximum atomic E-state index is 13.6. The molecule has 3 amide bonds. The van der Waals surface area contributed by atoms with Crippen molar-refractivity contribution in [2.45, 2.75) is 12.2 Å². The SMILES string of the molecule is CC(SCCN1C(=O)c2ccccc2C1=O)C(=O)Nc1ccccc1F. The summed E-state index contributed by atoms with van der Waals surface area (Å²) in [6.07, 6.45) is 0. The maximum absolute atomic E-state index is 13.6. The fraction of sp³-hybridized carbons (Fsp3) is 0.211. The first kappa shape index (κ1) is 18.1. The van der Waals surface area contributed by atoms with Crippen molar-refractivity contribution < 1.29 is 18.8 Å². The van der Waals surface area contributed by atoms with E-state index in [9.17, 15) is 18.8 Å². The van der Waals surface area contributed by atoms with Crippen LogP contribution in [0.5, 0.6) is 0 Å². The number of benzene rings is 2. The van der Waals surface area contributed by atoms with Crippen molar-refractivity contribution in [2.24, 2.45) is 0 Å². The number of fused-ring (bicyclic) bond motifs is 1. The Morgan fingerprint density at radius 2 is 1.65 bits per heavy atom. The number of amides is 3. The third kappa shape index (κ3) is 3.62. The van der Waals surface area contributed by atoms with Crippen molar-refractivity contribution in [1.29, 1.82) is 0 Å². The predicted octanol–water partition coefficient (Wildman–Crippen LogP) is 3.18. The van der Waals surface area contributed by atoms with Crippen LogP contribution in [0.2, 0.25) is 0 Å². The van der Waals surface area contributed by atoms with E-state index in [1.807, 2.05) is 0 Å². The highest BCUT2D eigenvalue weighted by atomic mass is 32.2. The topological polar surface area (TPSA) is 66.5 Å². The van der Waals surface area contributed by atoms with Crippen LogP contribution < -0.4 is 5.32 Å². The molecule has 0 saturated heterocycles. The molecule has 1 aliphatic heterocycles. The summed E-state index contributed by atoms with van der Waals surface area (Å²) in [5.74, 6) is -1.03. The molecule has 1 unspecified atom stereocenters. The van der Waals surface area contributed by atoms with Gasteiger partial charge in [0, 0.05) is 12.3 Å². The van der Waals surface area contributed by atoms with Gasteiger partial charge in [-0.05, 0) is 31.2 Å². The first-order chi connectivity index (χ1) is 12.5. The summed E-state index contributed by atoms with van der Waals surface area (Å²) in [6, 6.07) is 12.7. The summed E-state index contributed by atoms with van der Waals surface area (Å²) >= 11 is 1.30. The lowest BCUT2D eigenvalue weighted by Gasteiger charge is -2.16. The summed E-state index contributed by atoms with van der Waals surface area (Å²) in [5.41, 5.74) is 0.950. The molecule has 0 aromatic heterocycles. The molecule has 5 nitrogen and oxygen atoms in total. The Hall–Kier alpha value is -2.67. The van der Waals surface area contributed by atoms with Gasteiger partial charge in [-0.25, -0.2) is 4.39 Å². The van der Waals surface area contributed by atoms with Gasteiger partial charge in [-0.3, -0.25) is 19.3 Å². The number of thioether (sulfide) groups is 1. The highest BCUT2D eigenvalue weighted by Gasteiger charge is 2.34. The fourth-order valence-electron chi connectivity index (χ4n) is 2.64. The van der Waals surface area contributed by atoms with Gasteiger partial charge < -0.3 is 5.32 Å². The van der Waals surface area contributed by atoms with Crippen LogP contribution in [0.3, 0.4) is 0 Å². The Labute approximate surface area is 154 Å². The second-order valence-electron chi connectivity index (χ2n) is 5.79. The van der Waals surface area contributed by atoms with Gasteiger partial charge in [-0.2, -0.15) is 0 Å². The molecule has 1 atom stereocenters. The zero-order valence-electron chi connectivity index (χ0n) is 14.1. The van der Waals surface area contributed by atoms with E-state index in [1.165, 1.54) is 28.8 Å². The summed E-state index contributed by atoms with van der Waals surface area (Å²) in [5, 5.41) is 2.08. The summed E-state index contributed by atoms with van der Waals surface area (Å²) < 4.78 is 13.6. The molecule has 2 aromatic rings. The monoisotopic (exact) mass is 372 g/mol. The third-order valence-electron chi connectivity index (χ3n) is 4.06. The van der Waals surface area contributed by atoms with Crippen LogP contribution in [-0.2, 0) is 4.79 Å². The number of imide groups is 1. The molecule has 1 aliphatic rings. The van der Waals surface area contributed by atoms with Crippen LogP contribution in [0.25, 0.3) is 0 Å². The molecule has 1 N–H and O–H groups in total. The highest BCUT2D eigenvalue weighted by Crippen LogP contribution is 2.23. The van der Waals surface area contributed by atoms with Gasteiger partial charge in [0.15, 0.2) is 0 Å². The Morgan fingerprint density at radius 3 is 2.27 bits per heavy atom. The lowest BCUT2D eigenvalue weighted by molar-refractivity contribution is -0.115. The second-order valence-corrected chi connectivity index (χ2v) is 7.24. The average molecular weight is 372 g/mol. The largest absolute Gasteiger partial charge is 0.323 e. The van der Waals surface area contributed by atoms with Crippen LogP contribution in [0.1, 0.15) is 27.6 Å². The molecular weight excluding hydrogens is 355 g/mol. The van der Waals surface area contributed by atoms with Crippen molar-refractivity contribution in [3.8, 4) is 0 Å². The fourth-order valence-corrected chi connectivity index (χ4v) is 3.49. The normalized spacial score (nSPS) is 14.3. The Balaban J connectivity index is 1.52. The van der Waals surface area contributed by atoms with Gasteiger partial charge in [0.1, 0.15) is 5.82 Å². The predicted molar refractivity (Wildman–Crippen MR) is 98.8 cm³/mol. The van der Waals surface area contributed by atoms with Crippen LogP contribution in [0.4, 0.5) is 10.1 Å². The van der Waals surface area contributed by atoms with Gasteiger partial charge in [-0.1, -0.05) is 24.3 Å². The molecule has 2 aromatic carbocycles. The smallest absolute Gasteiger partial charge is 0.261 e. The number of nitrogens with one attached hydrogen (secondary N) is 1. The Kier molecular flexibility index (Phi) is 5.37. The molecule has 0 radical (unpaired) electrons. The highest BCUT2D eigenvalue weighted by molar-refractivity contribution is 8.00. The van der Waals surface area contributed by atoms with E-state index in [0.29, 0.717) is 16.9 Å². The number of carbonyl (C=O) groups is 3. The van der Waals surface area contributed by atoms with Crippen LogP contribution >= 0.6 is 11.8 Å². The summed E-state index contributed by atoms with van der Waals surface area (Å²) in [7, 11) is 0. The minimum absolute atomic E-state index is 0.130. The minimum atomic E-state index is -0.496. The Bertz CT molecular complexity index is 836. The molecule has 0 saturated carbocycles. The second kappa shape index (κ2) is 7.70. The first-order valence-electron chi connectivity index (χ1n) is 8.11. The van der Waals surface area contributed by atoms with Crippen LogP contribution in [0, 0.1) is 5.82 Å². The third-order valence-corrected chi connectivity index (χ3v) is 5.19. The molecule has 0 aliphatic carbocycles. The number of para-hydroxylation sites is 1. The van der Waals surface area contributed by atoms with Crippen molar-refractivity contribution in [3.05, 3.63) is 65.5 Å². The molecule has 7 heteroatoms. The lowest BCUT2D eigenvalue weighted by atomic mass is 10.1. The lowest BCUT2D eigenvalue weighted by Crippen LogP contribution is -2.32. The maximum Gasteiger partial charge on any atom is 0.261 e. The summed E-state index contributed by atoms with van der Waals surface area (Å²) in [4.78, 5) is 37.9. The number of rotatable bonds is 6. The zero-order valence-corrected chi connectivity index (χ0v) is 14.9. The van der Waals surface area contributed by atoms with Gasteiger partial charge in [0.2, 0.25) is 5.91 Å². The molecular formula is C19H17FN2O3S. The van der Waals surface area contributed by atoms with E-state index >= 15 is 0 Å². The standard InChI is InChI=1S/C19H17FN2O3S/c1-12(17(23)21-16-9-5-4-8-15(16)20)26-11-10-22-18(24)13-6-2-3-7-14(13)19(22)25/h2-9,12H,10-11H2,1H3,(H,21,23). The zero-order chi connectivity index (χ0) is 18.7. The molecule has 26 heavy (non-hydrogen) atoms. The minimum Gasteiger partial charge on any atom is -0.323 e. The van der Waals surface area contributed by atoms with Gasteiger partial charge in [-0.15, -0.1) is 11.8 Å². The summed E-state index contributed by atoms with van der Waals surface area (Å²) in [6.45, 7) is 1.91. The van der Waals surface area contributed by atoms with E-state index in [4.69, 9.17) is 0 Å². The van der Waals surface area contributed by atoms with E-state index < -0.39 is 11.1 Å². The number of halogens is 1. The number of anilines is 1. The van der Waals surface area contributed by atoms with E-state index in [0.717, 1.165) is 0 Å². The number of hydrogen-bond donors (Lipinski definition) is 1. The number of carbonyl (C=O) groups excluding carboxylic acids is 3. The van der Waals surface area contributed by atoms with E-state index in [1.54, 1.807) is 43.3 Å². The number of hydrogen-bond acceptors (Lipinski definition) is 4. The van der Waals surface area contributed by atoms with Crippen molar-refractivity contribution in [2.75, 3.05) is 17.6 Å². The molecule has 0 spiro atoms. The van der Waals surface area contributed by atoms with Gasteiger partial charge in [0.05, 0.1) is 22.1 Å². The van der Waals surface area contributed by atoms with Crippen LogP contribution in [0.15, 0.2) is 48.5 Å². The molecule has 0 bridgehead atoms. The molecule has 0 fully saturated rings. The molecule has 3 rings (SSSR count). The molecule has 134 valence electrons. The quantitative estimate of drug-likeness (QED) is 0.791.